The molecule has 0 saturated heterocycles. The van der Waals surface area contributed by atoms with E-state index in [0.29, 0.717) is 0 Å². The predicted molar refractivity (Wildman–Crippen MR) is 106 cm³/mol. The van der Waals surface area contributed by atoms with Gasteiger partial charge in [-0.25, -0.2) is 0 Å². The van der Waals surface area contributed by atoms with Crippen LogP contribution in [-0.4, -0.2) is 38.3 Å². The molecular formula is C19H17N3O8. The first-order valence-electron chi connectivity index (χ1n) is 8.24. The first-order chi connectivity index (χ1) is 14.3. The monoisotopic (exact) mass is 415 g/mol. The lowest BCUT2D eigenvalue weighted by Crippen LogP contribution is -2.00. The molecule has 0 aliphatic carbocycles. The Hall–Kier alpha value is -4.33. The van der Waals surface area contributed by atoms with E-state index in [9.17, 15) is 25.5 Å². The van der Waals surface area contributed by atoms with Crippen LogP contribution in [0, 0.1) is 31.6 Å². The van der Waals surface area contributed by atoms with Crippen LogP contribution < -0.4 is 18.9 Å². The Bertz CT molecular complexity index is 1070. The average molecular weight is 415 g/mol. The summed E-state index contributed by atoms with van der Waals surface area (Å²) in [6.07, 6.45) is 1.16. The SMILES string of the molecule is COc1cc(C=C(C#N)c2cc(OC)c(OC)cc2[N+](=O)[O-])c([N+](=O)[O-])cc1OC. The minimum Gasteiger partial charge on any atom is -0.493 e. The highest BCUT2D eigenvalue weighted by Gasteiger charge is 2.24. The minimum atomic E-state index is -0.689. The Kier molecular flexibility index (Phi) is 6.77. The van der Waals surface area contributed by atoms with Crippen LogP contribution in [0.1, 0.15) is 11.1 Å². The molecule has 11 nitrogen and oxygen atoms in total. The highest BCUT2D eigenvalue weighted by molar-refractivity contribution is 5.95. The van der Waals surface area contributed by atoms with Crippen LogP contribution in [0.25, 0.3) is 11.6 Å². The molecule has 0 spiro atoms. The number of allylic oxidation sites excluding steroid dienone is 1. The van der Waals surface area contributed by atoms with Crippen LogP contribution in [0.4, 0.5) is 11.4 Å². The van der Waals surface area contributed by atoms with Gasteiger partial charge in [0.25, 0.3) is 11.4 Å². The van der Waals surface area contributed by atoms with E-state index in [-0.39, 0.29) is 45.4 Å². The highest BCUT2D eigenvalue weighted by Crippen LogP contribution is 2.40. The van der Waals surface area contributed by atoms with E-state index < -0.39 is 15.5 Å². The van der Waals surface area contributed by atoms with E-state index in [1.807, 2.05) is 6.07 Å². The lowest BCUT2D eigenvalue weighted by molar-refractivity contribution is -0.385. The maximum Gasteiger partial charge on any atom is 0.281 e. The zero-order valence-corrected chi connectivity index (χ0v) is 16.5. The molecule has 0 N–H and O–H groups in total. The largest absolute Gasteiger partial charge is 0.493 e. The molecule has 0 heterocycles. The second kappa shape index (κ2) is 9.24. The third-order valence-corrected chi connectivity index (χ3v) is 4.14. The van der Waals surface area contributed by atoms with Crippen molar-refractivity contribution >= 4 is 23.0 Å². The number of nitriles is 1. The van der Waals surface area contributed by atoms with E-state index >= 15 is 0 Å². The van der Waals surface area contributed by atoms with Crippen LogP contribution in [0.3, 0.4) is 0 Å². The van der Waals surface area contributed by atoms with Crippen molar-refractivity contribution in [1.29, 1.82) is 5.26 Å². The number of nitrogens with zero attached hydrogens (tertiary/aromatic N) is 3. The van der Waals surface area contributed by atoms with Gasteiger partial charge < -0.3 is 18.9 Å². The molecule has 156 valence electrons. The summed E-state index contributed by atoms with van der Waals surface area (Å²) in [6.45, 7) is 0. The Labute approximate surface area is 171 Å². The van der Waals surface area contributed by atoms with E-state index in [4.69, 9.17) is 18.9 Å². The average Bonchev–Trinajstić information content (AvgIpc) is 2.75. The molecule has 2 rings (SSSR count). The first-order valence-corrected chi connectivity index (χ1v) is 8.24. The summed E-state index contributed by atoms with van der Waals surface area (Å²) in [6, 6.07) is 6.67. The molecule has 0 aromatic heterocycles. The summed E-state index contributed by atoms with van der Waals surface area (Å²) >= 11 is 0. The lowest BCUT2D eigenvalue weighted by Gasteiger charge is -2.11. The van der Waals surface area contributed by atoms with Crippen molar-refractivity contribution in [1.82, 2.24) is 0 Å². The Morgan fingerprint density at radius 1 is 0.833 bits per heavy atom. The number of nitro groups is 2. The van der Waals surface area contributed by atoms with Crippen molar-refractivity contribution in [2.45, 2.75) is 0 Å². The fraction of sp³-hybridized carbons (Fsp3) is 0.211. The van der Waals surface area contributed by atoms with Crippen molar-refractivity contribution < 1.29 is 28.8 Å². The van der Waals surface area contributed by atoms with Crippen molar-refractivity contribution in [3.05, 3.63) is 55.6 Å². The van der Waals surface area contributed by atoms with Gasteiger partial charge in [0.05, 0.1) is 67.1 Å². The van der Waals surface area contributed by atoms with Gasteiger partial charge >= 0.3 is 0 Å². The number of hydrogen-bond acceptors (Lipinski definition) is 9. The first kappa shape index (κ1) is 22.0. The maximum absolute atomic E-state index is 11.5. The number of rotatable bonds is 8. The van der Waals surface area contributed by atoms with Gasteiger partial charge in [0.15, 0.2) is 23.0 Å². The molecule has 0 bridgehead atoms. The summed E-state index contributed by atoms with van der Waals surface area (Å²) in [5.41, 5.74) is -1.09. The fourth-order valence-corrected chi connectivity index (χ4v) is 2.72. The van der Waals surface area contributed by atoms with E-state index in [1.165, 1.54) is 40.6 Å². The molecule has 0 unspecified atom stereocenters. The number of methoxy groups -OCH3 is 4. The van der Waals surface area contributed by atoms with Crippen molar-refractivity contribution in [3.8, 4) is 29.1 Å². The van der Waals surface area contributed by atoms with E-state index in [2.05, 4.69) is 0 Å². The molecule has 0 amide bonds. The molecule has 0 saturated carbocycles. The van der Waals surface area contributed by atoms with Gasteiger partial charge in [-0.3, -0.25) is 20.2 Å². The van der Waals surface area contributed by atoms with Crippen molar-refractivity contribution in [3.63, 3.8) is 0 Å². The zero-order valence-electron chi connectivity index (χ0n) is 16.5. The van der Waals surface area contributed by atoms with Crippen molar-refractivity contribution in [2.75, 3.05) is 28.4 Å². The summed E-state index contributed by atoms with van der Waals surface area (Å²) in [7, 11) is 5.32. The van der Waals surface area contributed by atoms with Crippen molar-refractivity contribution in [2.24, 2.45) is 0 Å². The standard InChI is InChI=1S/C19H17N3O8/c1-27-16-6-11(14(21(23)24)8-18(16)29-3)5-12(10-20)13-7-17(28-2)19(30-4)9-15(13)22(25)26/h5-9H,1-4H3. The molecule has 0 aliphatic rings. The molecular weight excluding hydrogens is 398 g/mol. The second-order valence-electron chi connectivity index (χ2n) is 5.67. The van der Waals surface area contributed by atoms with Crippen LogP contribution in [0.2, 0.25) is 0 Å². The minimum absolute atomic E-state index is 0.00159. The van der Waals surface area contributed by atoms with Crippen LogP contribution in [0.15, 0.2) is 24.3 Å². The quantitative estimate of drug-likeness (QED) is 0.273. The van der Waals surface area contributed by atoms with Gasteiger partial charge in [0.2, 0.25) is 0 Å². The number of benzene rings is 2. The normalized spacial score (nSPS) is 10.7. The molecule has 2 aromatic carbocycles. The number of nitro benzene ring substituents is 2. The van der Waals surface area contributed by atoms with Crippen LogP contribution >= 0.6 is 0 Å². The Morgan fingerprint density at radius 2 is 1.27 bits per heavy atom. The lowest BCUT2D eigenvalue weighted by atomic mass is 10.00. The fourth-order valence-electron chi connectivity index (χ4n) is 2.72. The smallest absolute Gasteiger partial charge is 0.281 e. The van der Waals surface area contributed by atoms with Gasteiger partial charge in [-0.1, -0.05) is 0 Å². The van der Waals surface area contributed by atoms with Crippen LogP contribution in [-0.2, 0) is 0 Å². The number of ether oxygens (including phenoxy) is 4. The molecule has 0 radical (unpaired) electrons. The topological polar surface area (TPSA) is 147 Å². The number of hydrogen-bond donors (Lipinski definition) is 0. The maximum atomic E-state index is 11.5. The predicted octanol–water partition coefficient (Wildman–Crippen LogP) is 3.60. The van der Waals surface area contributed by atoms with Gasteiger partial charge in [0, 0.05) is 0 Å². The van der Waals surface area contributed by atoms with Gasteiger partial charge in [-0.15, -0.1) is 0 Å². The molecule has 0 aliphatic heterocycles. The summed E-state index contributed by atoms with van der Waals surface area (Å²) in [5.74, 6) is 0.564. The third-order valence-electron chi connectivity index (χ3n) is 4.14. The molecule has 2 aromatic rings. The Morgan fingerprint density at radius 3 is 1.70 bits per heavy atom. The molecule has 11 heteroatoms. The summed E-state index contributed by atoms with van der Waals surface area (Å²) in [4.78, 5) is 21.7. The highest BCUT2D eigenvalue weighted by atomic mass is 16.6. The van der Waals surface area contributed by atoms with Gasteiger partial charge in [-0.05, 0) is 18.2 Å². The van der Waals surface area contributed by atoms with Crippen LogP contribution in [0.5, 0.6) is 23.0 Å². The van der Waals surface area contributed by atoms with E-state index in [1.54, 1.807) is 0 Å². The van der Waals surface area contributed by atoms with Gasteiger partial charge in [0.1, 0.15) is 6.07 Å². The Balaban J connectivity index is 2.82. The zero-order chi connectivity index (χ0) is 22.4. The van der Waals surface area contributed by atoms with Gasteiger partial charge in [-0.2, -0.15) is 5.26 Å². The molecule has 30 heavy (non-hydrogen) atoms. The molecule has 0 atom stereocenters. The summed E-state index contributed by atoms with van der Waals surface area (Å²) in [5, 5.41) is 32.7. The van der Waals surface area contributed by atoms with E-state index in [0.717, 1.165) is 18.2 Å². The second-order valence-corrected chi connectivity index (χ2v) is 5.67. The summed E-state index contributed by atoms with van der Waals surface area (Å²) < 4.78 is 20.5. The third kappa shape index (κ3) is 4.22. The molecule has 0 fully saturated rings.